The zero-order chi connectivity index (χ0) is 9.59. The number of nitrogens with one attached hydrogen (secondary N) is 1. The average molecular weight is 184 g/mol. The van der Waals surface area contributed by atoms with Crippen molar-refractivity contribution in [1.29, 1.82) is 0 Å². The van der Waals surface area contributed by atoms with Crippen LogP contribution >= 0.6 is 0 Å². The average Bonchev–Trinajstić information content (AvgIpc) is 2.41. The molecule has 2 aliphatic rings. The van der Waals surface area contributed by atoms with Crippen LogP contribution in [-0.2, 0) is 9.59 Å². The Morgan fingerprint density at radius 1 is 1.69 bits per heavy atom. The summed E-state index contributed by atoms with van der Waals surface area (Å²) in [4.78, 5) is 23.7. The smallest absolute Gasteiger partial charge is 0.321 e. The molecule has 2 aliphatic heterocycles. The lowest BCUT2D eigenvalue weighted by Gasteiger charge is -2.17. The van der Waals surface area contributed by atoms with Gasteiger partial charge in [0.05, 0.1) is 0 Å². The molecule has 13 heavy (non-hydrogen) atoms. The van der Waals surface area contributed by atoms with E-state index in [-0.39, 0.29) is 17.9 Å². The van der Waals surface area contributed by atoms with Gasteiger partial charge in [0.15, 0.2) is 0 Å². The monoisotopic (exact) mass is 184 g/mol. The Hall–Kier alpha value is -1.10. The molecule has 2 fully saturated rings. The summed E-state index contributed by atoms with van der Waals surface area (Å²) < 4.78 is 0. The highest BCUT2D eigenvalue weighted by molar-refractivity contribution is 5.83. The highest BCUT2D eigenvalue weighted by atomic mass is 16.4. The number of likely N-dealkylation sites (N-methyl/N-ethyl adjacent to an activating group) is 1. The maximum absolute atomic E-state index is 11.0. The Morgan fingerprint density at radius 2 is 2.38 bits per heavy atom. The van der Waals surface area contributed by atoms with Crippen molar-refractivity contribution in [3.05, 3.63) is 0 Å². The summed E-state index contributed by atoms with van der Waals surface area (Å²) in [5, 5.41) is 11.7. The minimum Gasteiger partial charge on any atom is -0.480 e. The summed E-state index contributed by atoms with van der Waals surface area (Å²) >= 11 is 0. The van der Waals surface area contributed by atoms with Crippen molar-refractivity contribution in [3.8, 4) is 0 Å². The molecule has 0 aromatic rings. The largest absolute Gasteiger partial charge is 0.480 e. The number of likely N-dealkylation sites (tertiary alicyclic amines) is 1. The van der Waals surface area contributed by atoms with Crippen molar-refractivity contribution in [1.82, 2.24) is 10.2 Å². The number of hydrogen-bond donors (Lipinski definition) is 2. The van der Waals surface area contributed by atoms with Gasteiger partial charge < -0.3 is 10.4 Å². The Kier molecular flexibility index (Phi) is 1.76. The van der Waals surface area contributed by atoms with E-state index in [0.717, 1.165) is 0 Å². The standard InChI is InChI=1S/C8H12N2O3/c1-10-3-5-4(2-6(11)9-5)7(10)8(12)13/h4-5,7H,2-3H2,1H3,(H,9,11)(H,12,13). The molecule has 2 rings (SSSR count). The number of amides is 1. The molecule has 2 heterocycles. The molecule has 0 radical (unpaired) electrons. The van der Waals surface area contributed by atoms with Gasteiger partial charge in [0, 0.05) is 24.9 Å². The van der Waals surface area contributed by atoms with Crippen molar-refractivity contribution in [2.45, 2.75) is 18.5 Å². The second kappa shape index (κ2) is 2.70. The lowest BCUT2D eigenvalue weighted by Crippen LogP contribution is -2.37. The van der Waals surface area contributed by atoms with Crippen molar-refractivity contribution >= 4 is 11.9 Å². The van der Waals surface area contributed by atoms with E-state index in [9.17, 15) is 9.59 Å². The fraction of sp³-hybridized carbons (Fsp3) is 0.750. The van der Waals surface area contributed by atoms with Crippen LogP contribution in [0.25, 0.3) is 0 Å². The number of hydrogen-bond acceptors (Lipinski definition) is 3. The first-order valence-corrected chi connectivity index (χ1v) is 4.32. The van der Waals surface area contributed by atoms with Gasteiger partial charge in [-0.1, -0.05) is 0 Å². The lowest BCUT2D eigenvalue weighted by molar-refractivity contribution is -0.143. The van der Waals surface area contributed by atoms with Crippen LogP contribution in [0.5, 0.6) is 0 Å². The fourth-order valence-corrected chi connectivity index (χ4v) is 2.36. The number of fused-ring (bicyclic) bond motifs is 1. The first-order chi connectivity index (χ1) is 6.09. The Morgan fingerprint density at radius 3 is 3.00 bits per heavy atom. The van der Waals surface area contributed by atoms with Gasteiger partial charge in [0.1, 0.15) is 6.04 Å². The number of carbonyl (C=O) groups excluding carboxylic acids is 1. The van der Waals surface area contributed by atoms with Crippen LogP contribution in [0.15, 0.2) is 0 Å². The fourth-order valence-electron chi connectivity index (χ4n) is 2.36. The quantitative estimate of drug-likeness (QED) is 0.542. The van der Waals surface area contributed by atoms with E-state index in [4.69, 9.17) is 5.11 Å². The highest BCUT2D eigenvalue weighted by Crippen LogP contribution is 2.30. The van der Waals surface area contributed by atoms with Gasteiger partial charge in [0.25, 0.3) is 0 Å². The maximum Gasteiger partial charge on any atom is 0.321 e. The molecule has 5 nitrogen and oxygen atoms in total. The summed E-state index contributed by atoms with van der Waals surface area (Å²) in [7, 11) is 1.78. The molecule has 0 aliphatic carbocycles. The topological polar surface area (TPSA) is 69.6 Å². The SMILES string of the molecule is CN1CC2NC(=O)CC2C1C(=O)O. The predicted octanol–water partition coefficient (Wildman–Crippen LogP) is -1.11. The normalized spacial score (nSPS) is 38.8. The third kappa shape index (κ3) is 1.19. The number of rotatable bonds is 1. The summed E-state index contributed by atoms with van der Waals surface area (Å²) in [5.74, 6) is -0.893. The molecule has 3 atom stereocenters. The minimum atomic E-state index is -0.827. The molecule has 1 amide bonds. The van der Waals surface area contributed by atoms with E-state index in [2.05, 4.69) is 5.32 Å². The van der Waals surface area contributed by atoms with Gasteiger partial charge in [0.2, 0.25) is 5.91 Å². The van der Waals surface area contributed by atoms with Crippen LogP contribution in [0.1, 0.15) is 6.42 Å². The zero-order valence-corrected chi connectivity index (χ0v) is 7.36. The summed E-state index contributed by atoms with van der Waals surface area (Å²) in [5.41, 5.74) is 0. The third-order valence-electron chi connectivity index (χ3n) is 2.90. The number of aliphatic carboxylic acids is 1. The molecular weight excluding hydrogens is 172 g/mol. The number of carboxylic acid groups (broad SMARTS) is 1. The molecule has 2 N–H and O–H groups in total. The Labute approximate surface area is 75.7 Å². The third-order valence-corrected chi connectivity index (χ3v) is 2.90. The predicted molar refractivity (Wildman–Crippen MR) is 44.1 cm³/mol. The molecule has 72 valence electrons. The van der Waals surface area contributed by atoms with Crippen LogP contribution < -0.4 is 5.32 Å². The van der Waals surface area contributed by atoms with Crippen molar-refractivity contribution in [2.75, 3.05) is 13.6 Å². The first kappa shape index (κ1) is 8.50. The molecule has 0 spiro atoms. The second-order valence-corrected chi connectivity index (χ2v) is 3.76. The number of carboxylic acids is 1. The van der Waals surface area contributed by atoms with E-state index in [1.807, 2.05) is 0 Å². The first-order valence-electron chi connectivity index (χ1n) is 4.32. The number of carbonyl (C=O) groups is 2. The molecule has 0 aromatic heterocycles. The van der Waals surface area contributed by atoms with Gasteiger partial charge in [-0.2, -0.15) is 0 Å². The van der Waals surface area contributed by atoms with E-state index in [0.29, 0.717) is 13.0 Å². The zero-order valence-electron chi connectivity index (χ0n) is 7.36. The van der Waals surface area contributed by atoms with Gasteiger partial charge in [-0.25, -0.2) is 0 Å². The minimum absolute atomic E-state index is 0.0191. The van der Waals surface area contributed by atoms with Crippen molar-refractivity contribution in [3.63, 3.8) is 0 Å². The molecule has 0 aromatic carbocycles. The van der Waals surface area contributed by atoms with Crippen LogP contribution in [0, 0.1) is 5.92 Å². The van der Waals surface area contributed by atoms with E-state index in [1.165, 1.54) is 0 Å². The second-order valence-electron chi connectivity index (χ2n) is 3.76. The molecule has 2 saturated heterocycles. The Balaban J connectivity index is 2.19. The molecule has 0 saturated carbocycles. The summed E-state index contributed by atoms with van der Waals surface area (Å²) in [6, 6.07) is -0.456. The molecule has 0 bridgehead atoms. The van der Waals surface area contributed by atoms with Crippen LogP contribution in [0.2, 0.25) is 0 Å². The summed E-state index contributed by atoms with van der Waals surface area (Å²) in [6.07, 6.45) is 0.353. The van der Waals surface area contributed by atoms with Crippen LogP contribution in [0.3, 0.4) is 0 Å². The number of nitrogens with zero attached hydrogens (tertiary/aromatic N) is 1. The van der Waals surface area contributed by atoms with Crippen LogP contribution in [0.4, 0.5) is 0 Å². The van der Waals surface area contributed by atoms with Gasteiger partial charge in [-0.15, -0.1) is 0 Å². The molecule has 5 heteroatoms. The highest BCUT2D eigenvalue weighted by Gasteiger charge is 2.48. The Bertz CT molecular complexity index is 266. The maximum atomic E-state index is 11.0. The molecule has 3 unspecified atom stereocenters. The van der Waals surface area contributed by atoms with E-state index >= 15 is 0 Å². The van der Waals surface area contributed by atoms with E-state index < -0.39 is 12.0 Å². The van der Waals surface area contributed by atoms with Gasteiger partial charge >= 0.3 is 5.97 Å². The summed E-state index contributed by atoms with van der Waals surface area (Å²) in [6.45, 7) is 0.646. The van der Waals surface area contributed by atoms with Crippen LogP contribution in [-0.4, -0.2) is 47.6 Å². The lowest BCUT2D eigenvalue weighted by atomic mass is 9.97. The molecular formula is C8H12N2O3. The van der Waals surface area contributed by atoms with Crippen molar-refractivity contribution < 1.29 is 14.7 Å². The van der Waals surface area contributed by atoms with Gasteiger partial charge in [-0.05, 0) is 7.05 Å². The van der Waals surface area contributed by atoms with Crippen molar-refractivity contribution in [2.24, 2.45) is 5.92 Å². The van der Waals surface area contributed by atoms with Gasteiger partial charge in [-0.3, -0.25) is 14.5 Å². The van der Waals surface area contributed by atoms with E-state index in [1.54, 1.807) is 11.9 Å².